The fourth-order valence-corrected chi connectivity index (χ4v) is 10.6. The zero-order valence-corrected chi connectivity index (χ0v) is 48.9. The first kappa shape index (κ1) is 58.5. The highest BCUT2D eigenvalue weighted by Gasteiger charge is 2.17. The first-order valence-electron chi connectivity index (χ1n) is 28.7. The summed E-state index contributed by atoms with van der Waals surface area (Å²) >= 11 is 0. The monoisotopic (exact) mass is 1120 g/mol. The molecule has 2 N–H and O–H groups in total. The Kier molecular flexibility index (Phi) is 18.9. The molecule has 6 aromatic carbocycles. The lowest BCUT2D eigenvalue weighted by Crippen LogP contribution is -1.95. The van der Waals surface area contributed by atoms with Crippen LogP contribution in [0.2, 0.25) is 0 Å². The maximum absolute atomic E-state index is 6.21. The third-order valence-corrected chi connectivity index (χ3v) is 14.7. The molecule has 0 unspecified atom stereocenters. The second-order valence-electron chi connectivity index (χ2n) is 20.0. The van der Waals surface area contributed by atoms with Gasteiger partial charge >= 0.3 is 0 Å². The molecule has 87 heavy (non-hydrogen) atoms. The van der Waals surface area contributed by atoms with Gasteiger partial charge in [0, 0.05) is 117 Å². The van der Waals surface area contributed by atoms with E-state index in [1.165, 1.54) is 22.9 Å². The number of nitrogens with one attached hydrogen (secondary N) is 2. The van der Waals surface area contributed by atoms with Gasteiger partial charge in [-0.3, -0.25) is 19.9 Å². The molecule has 13 rings (SSSR count). The number of benzene rings is 6. The first-order valence-corrected chi connectivity index (χ1v) is 28.7. The van der Waals surface area contributed by atoms with Crippen molar-refractivity contribution in [1.82, 2.24) is 29.1 Å². The largest absolute Gasteiger partial charge is 0.310 e. The van der Waals surface area contributed by atoms with Gasteiger partial charge < -0.3 is 20.0 Å². The predicted molar refractivity (Wildman–Crippen MR) is 369 cm³/mol. The van der Waals surface area contributed by atoms with Crippen LogP contribution in [-0.4, -0.2) is 41.5 Å². The van der Waals surface area contributed by atoms with Gasteiger partial charge in [0.25, 0.3) is 0 Å². The van der Waals surface area contributed by atoms with E-state index in [0.717, 1.165) is 135 Å². The molecule has 8 nitrogen and oxygen atoms in total. The summed E-state index contributed by atoms with van der Waals surface area (Å²) in [5, 5.41) is 17.0. The Labute approximate surface area is 508 Å². The first-order chi connectivity index (χ1) is 42.8. The zero-order chi connectivity index (χ0) is 60.5. The summed E-state index contributed by atoms with van der Waals surface area (Å²) in [6.45, 7) is 17.3. The van der Waals surface area contributed by atoms with E-state index in [1.807, 2.05) is 106 Å². The van der Waals surface area contributed by atoms with Crippen LogP contribution < -0.4 is 0 Å². The number of hydrogen-bond donors (Lipinski definition) is 2. The van der Waals surface area contributed by atoms with Gasteiger partial charge in [-0.1, -0.05) is 143 Å². The number of nitrogens with zero attached hydrogens (tertiary/aromatic N) is 6. The Morgan fingerprint density at radius 2 is 1.08 bits per heavy atom. The quantitative estimate of drug-likeness (QED) is 0.0681. The highest BCUT2D eigenvalue weighted by atomic mass is 15.0. The van der Waals surface area contributed by atoms with Crippen LogP contribution in [0.1, 0.15) is 37.5 Å². The number of para-hydroxylation sites is 1. The summed E-state index contributed by atoms with van der Waals surface area (Å²) in [4.78, 5) is 17.9. The number of pyridine rings is 4. The smallest absolute Gasteiger partial charge is 0.0717 e. The van der Waals surface area contributed by atoms with Gasteiger partial charge in [0.05, 0.1) is 27.8 Å². The topological polar surface area (TPSA) is 109 Å². The normalized spacial score (nSPS) is 12.3. The van der Waals surface area contributed by atoms with Crippen molar-refractivity contribution < 1.29 is 0 Å². The molecular formula is C79H64N8. The summed E-state index contributed by atoms with van der Waals surface area (Å²) in [5.41, 5.74) is 28.1. The van der Waals surface area contributed by atoms with Crippen molar-refractivity contribution >= 4 is 78.5 Å². The molecule has 6 heterocycles. The van der Waals surface area contributed by atoms with E-state index in [2.05, 4.69) is 224 Å². The standard InChI is InChI=1S/C71H48N6.2C3H5N.C2H6/c1-48(52-18-11-23-62(40-52)77-68-26-6-5-24-63(68)64-43-57(31-34-71(64)77)60-39-61(47-74-46-60)67-25-7-8-37-75-67)14-9-15-49(2)76-69-32-29-55(50-16-3-4-17-51(28-27-50)58-21-12-35-72-44-58)41-65(69)66-42-56(30-33-70(66)76)53-19-10-20-54(38-53)59-22-13-36-73-45-59;2*1-2-3-4;1-2/h4-26,28-47H,2H2,1H3;2*2-4H,1H2;1-2H3/b15-9-,48-14+,51-17+;;;. The molecule has 0 aliphatic heterocycles. The van der Waals surface area contributed by atoms with E-state index in [1.54, 1.807) is 6.20 Å². The Hall–Kier alpha value is -11.7. The fraction of sp³-hybridized carbons (Fsp3) is 0.0380. The molecule has 6 aromatic heterocycles. The lowest BCUT2D eigenvalue weighted by molar-refractivity contribution is 1.18. The third kappa shape index (κ3) is 13.1. The predicted octanol–water partition coefficient (Wildman–Crippen LogP) is 20.3. The van der Waals surface area contributed by atoms with Gasteiger partial charge in [-0.05, 0) is 173 Å². The number of allylic oxidation sites excluding steroid dienone is 11. The van der Waals surface area contributed by atoms with Crippen molar-refractivity contribution in [3.63, 3.8) is 0 Å². The van der Waals surface area contributed by atoms with Gasteiger partial charge in [0.1, 0.15) is 0 Å². The van der Waals surface area contributed by atoms with E-state index in [4.69, 9.17) is 17.4 Å². The van der Waals surface area contributed by atoms with Crippen LogP contribution in [-0.2, 0) is 0 Å². The van der Waals surface area contributed by atoms with Crippen molar-refractivity contribution in [2.45, 2.75) is 20.8 Å². The zero-order valence-electron chi connectivity index (χ0n) is 48.9. The van der Waals surface area contributed by atoms with Crippen LogP contribution in [0.3, 0.4) is 0 Å². The van der Waals surface area contributed by atoms with Gasteiger partial charge in [0.15, 0.2) is 0 Å². The molecule has 0 amide bonds. The molecule has 1 aliphatic rings. The summed E-state index contributed by atoms with van der Waals surface area (Å²) in [5.74, 6) is 0. The van der Waals surface area contributed by atoms with Crippen LogP contribution in [0.5, 0.6) is 0 Å². The van der Waals surface area contributed by atoms with E-state index < -0.39 is 0 Å². The molecule has 0 spiro atoms. The van der Waals surface area contributed by atoms with Crippen molar-refractivity contribution in [2.75, 3.05) is 0 Å². The maximum Gasteiger partial charge on any atom is 0.0717 e. The minimum atomic E-state index is 0.852. The van der Waals surface area contributed by atoms with E-state index in [0.29, 0.717) is 0 Å². The van der Waals surface area contributed by atoms with Gasteiger partial charge in [-0.25, -0.2) is 0 Å². The molecule has 0 saturated carbocycles. The molecular weight excluding hydrogens is 1060 g/mol. The maximum atomic E-state index is 6.21. The Balaban J connectivity index is 0.000000784. The van der Waals surface area contributed by atoms with Crippen LogP contribution in [0, 0.1) is 10.8 Å². The molecule has 0 bridgehead atoms. The lowest BCUT2D eigenvalue weighted by Gasteiger charge is -2.11. The SMILES string of the molecule is C=C(/C=C\C=C(/C)c1cccc(-n2c3ccccc3c3cc(-c4cncc(-c5ccccn5)c4)ccc32)c1)n1c2ccc(C3=C=C/C(c4cccnc4)=C\C=C=C3)cc2c2cc(-c3cccc(-c4cccnc4)c3)ccc21.C=CC=N.C=CC=N.CC. The highest BCUT2D eigenvalue weighted by molar-refractivity contribution is 6.13. The van der Waals surface area contributed by atoms with Crippen molar-refractivity contribution in [1.29, 1.82) is 10.8 Å². The van der Waals surface area contributed by atoms with Gasteiger partial charge in [-0.15, -0.1) is 11.5 Å². The second-order valence-corrected chi connectivity index (χ2v) is 20.0. The fourth-order valence-electron chi connectivity index (χ4n) is 10.6. The van der Waals surface area contributed by atoms with Crippen molar-refractivity contribution in [2.24, 2.45) is 0 Å². The molecule has 0 radical (unpaired) electrons. The summed E-state index contributed by atoms with van der Waals surface area (Å²) < 4.78 is 4.64. The number of rotatable bonds is 13. The second kappa shape index (κ2) is 28.1. The van der Waals surface area contributed by atoms with E-state index in [-0.39, 0.29) is 0 Å². The molecule has 0 saturated heterocycles. The minimum absolute atomic E-state index is 0.852. The van der Waals surface area contributed by atoms with Crippen LogP contribution in [0.25, 0.3) is 116 Å². The Bertz CT molecular complexity index is 4740. The average Bonchev–Trinajstić information content (AvgIpc) is 1.69. The van der Waals surface area contributed by atoms with Gasteiger partial charge in [0.2, 0.25) is 0 Å². The summed E-state index contributed by atoms with van der Waals surface area (Å²) in [7, 11) is 0. The van der Waals surface area contributed by atoms with Crippen molar-refractivity contribution in [3.05, 3.63) is 322 Å². The molecule has 12 aromatic rings. The third-order valence-electron chi connectivity index (χ3n) is 14.7. The molecule has 8 heteroatoms. The van der Waals surface area contributed by atoms with Crippen LogP contribution in [0.4, 0.5) is 0 Å². The van der Waals surface area contributed by atoms with Gasteiger partial charge in [-0.2, -0.15) is 0 Å². The van der Waals surface area contributed by atoms with E-state index in [9.17, 15) is 0 Å². The number of fused-ring (bicyclic) bond motifs is 6. The van der Waals surface area contributed by atoms with E-state index >= 15 is 0 Å². The minimum Gasteiger partial charge on any atom is -0.310 e. The lowest BCUT2D eigenvalue weighted by atomic mass is 9.97. The van der Waals surface area contributed by atoms with Crippen molar-refractivity contribution in [3.8, 4) is 50.3 Å². The Morgan fingerprint density at radius 3 is 1.78 bits per heavy atom. The molecule has 0 fully saturated rings. The number of aromatic nitrogens is 6. The molecule has 420 valence electrons. The van der Waals surface area contributed by atoms with Crippen LogP contribution >= 0.6 is 0 Å². The summed E-state index contributed by atoms with van der Waals surface area (Å²) in [6.07, 6.45) is 32.5. The highest BCUT2D eigenvalue weighted by Crippen LogP contribution is 2.39. The number of hydrogen-bond acceptors (Lipinski definition) is 6. The molecule has 0 atom stereocenters. The molecule has 1 aliphatic carbocycles. The summed E-state index contributed by atoms with van der Waals surface area (Å²) in [6, 6.07) is 62.5. The Morgan fingerprint density at radius 1 is 0.506 bits per heavy atom. The average molecular weight is 1130 g/mol. The van der Waals surface area contributed by atoms with Crippen LogP contribution in [0.15, 0.2) is 305 Å².